The van der Waals surface area contributed by atoms with E-state index in [9.17, 15) is 18.1 Å². The summed E-state index contributed by atoms with van der Waals surface area (Å²) in [5, 5.41) is 4.13. The van der Waals surface area contributed by atoms with Gasteiger partial charge in [0, 0.05) is 22.2 Å². The molecule has 1 aromatic rings. The van der Waals surface area contributed by atoms with Crippen molar-refractivity contribution in [2.45, 2.75) is 6.18 Å². The van der Waals surface area contributed by atoms with Gasteiger partial charge in [0.25, 0.3) is 0 Å². The minimum atomic E-state index is -4.63. The first-order chi connectivity index (χ1) is 9.41. The van der Waals surface area contributed by atoms with Crippen molar-refractivity contribution in [1.29, 1.82) is 0 Å². The van der Waals surface area contributed by atoms with E-state index in [0.29, 0.717) is 21.4 Å². The minimum absolute atomic E-state index is 0.000378. The first-order valence-corrected chi connectivity index (χ1v) is 5.80. The highest BCUT2D eigenvalue weighted by Crippen LogP contribution is 2.44. The lowest BCUT2D eigenvalue weighted by atomic mass is 10.2. The third kappa shape index (κ3) is 1.82. The second-order valence-electron chi connectivity index (χ2n) is 4.15. The molecular formula is C12H5ClF3N3O. The number of fused-ring (bicyclic) bond motifs is 3. The molecule has 1 aliphatic carbocycles. The average molecular weight is 300 g/mol. The average Bonchev–Trinajstić information content (AvgIpc) is 2.69. The van der Waals surface area contributed by atoms with Gasteiger partial charge in [0.15, 0.2) is 0 Å². The Morgan fingerprint density at radius 1 is 1.25 bits per heavy atom. The summed E-state index contributed by atoms with van der Waals surface area (Å²) in [6.45, 7) is 0. The van der Waals surface area contributed by atoms with Crippen molar-refractivity contribution in [3.8, 4) is 11.3 Å². The van der Waals surface area contributed by atoms with Crippen molar-refractivity contribution in [3.05, 3.63) is 40.2 Å². The van der Waals surface area contributed by atoms with Gasteiger partial charge in [-0.2, -0.15) is 13.2 Å². The van der Waals surface area contributed by atoms with Crippen molar-refractivity contribution in [2.24, 2.45) is 5.18 Å². The molecule has 0 spiro atoms. The number of halogens is 4. The second-order valence-corrected chi connectivity index (χ2v) is 4.58. The number of H-pyrrole nitrogens is 1. The van der Waals surface area contributed by atoms with Crippen LogP contribution in [0.3, 0.4) is 0 Å². The molecule has 8 heteroatoms. The molecule has 2 aliphatic rings. The number of alkyl halides is 3. The third-order valence-corrected chi connectivity index (χ3v) is 3.19. The lowest BCUT2D eigenvalue weighted by Gasteiger charge is -2.08. The Morgan fingerprint density at radius 3 is 2.65 bits per heavy atom. The largest absolute Gasteiger partial charge is 0.449 e. The first-order valence-electron chi connectivity index (χ1n) is 5.42. The summed E-state index contributed by atoms with van der Waals surface area (Å²) in [6, 6.07) is 4.67. The Bertz CT molecular complexity index is 797. The van der Waals surface area contributed by atoms with Crippen LogP contribution in [0.1, 0.15) is 5.82 Å². The maximum Gasteiger partial charge on any atom is 0.449 e. The van der Waals surface area contributed by atoms with Gasteiger partial charge in [-0.25, -0.2) is 4.98 Å². The summed E-state index contributed by atoms with van der Waals surface area (Å²) in [4.78, 5) is 16.4. The highest BCUT2D eigenvalue weighted by Gasteiger charge is 2.35. The minimum Gasteiger partial charge on any atom is -0.334 e. The van der Waals surface area contributed by atoms with Crippen LogP contribution in [0.2, 0.25) is 5.02 Å². The predicted octanol–water partition coefficient (Wildman–Crippen LogP) is 4.74. The molecule has 0 atom stereocenters. The van der Waals surface area contributed by atoms with Crippen LogP contribution in [0.4, 0.5) is 18.9 Å². The van der Waals surface area contributed by atoms with Crippen molar-refractivity contribution in [3.63, 3.8) is 0 Å². The fourth-order valence-corrected chi connectivity index (χ4v) is 2.30. The van der Waals surface area contributed by atoms with Crippen molar-refractivity contribution < 1.29 is 13.2 Å². The van der Waals surface area contributed by atoms with E-state index in [1.54, 1.807) is 12.1 Å². The lowest BCUT2D eigenvalue weighted by Crippen LogP contribution is -2.11. The van der Waals surface area contributed by atoms with Gasteiger partial charge in [-0.15, -0.1) is 4.91 Å². The molecule has 0 aromatic heterocycles. The lowest BCUT2D eigenvalue weighted by molar-refractivity contribution is -0.144. The van der Waals surface area contributed by atoms with E-state index in [-0.39, 0.29) is 11.4 Å². The number of benzene rings is 1. The van der Waals surface area contributed by atoms with Gasteiger partial charge in [0.2, 0.25) is 5.82 Å². The molecule has 4 nitrogen and oxygen atoms in total. The third-order valence-electron chi connectivity index (χ3n) is 2.96. The zero-order chi connectivity index (χ0) is 14.5. The van der Waals surface area contributed by atoms with Gasteiger partial charge in [0.05, 0.1) is 5.69 Å². The van der Waals surface area contributed by atoms with E-state index in [2.05, 4.69) is 15.1 Å². The van der Waals surface area contributed by atoms with Crippen LogP contribution in [-0.4, -0.2) is 9.97 Å². The number of aromatic nitrogens is 2. The summed E-state index contributed by atoms with van der Waals surface area (Å²) < 4.78 is 37.9. The Morgan fingerprint density at radius 2 is 2.00 bits per heavy atom. The van der Waals surface area contributed by atoms with Crippen LogP contribution in [0.5, 0.6) is 0 Å². The maximum absolute atomic E-state index is 12.6. The summed E-state index contributed by atoms with van der Waals surface area (Å²) in [5.74, 6) is -1.18. The molecule has 0 fully saturated rings. The molecule has 0 radical (unpaired) electrons. The Hall–Kier alpha value is -2.15. The van der Waals surface area contributed by atoms with E-state index in [4.69, 9.17) is 11.6 Å². The number of rotatable bonds is 1. The highest BCUT2D eigenvalue weighted by molar-refractivity contribution is 6.32. The molecule has 1 heterocycles. The molecule has 0 saturated carbocycles. The summed E-state index contributed by atoms with van der Waals surface area (Å²) in [6.07, 6.45) is -3.56. The summed E-state index contributed by atoms with van der Waals surface area (Å²) >= 11 is 5.83. The number of hydrogen-bond acceptors (Lipinski definition) is 3. The molecule has 0 unspecified atom stereocenters. The molecule has 0 amide bonds. The SMILES string of the molecule is O=Nc1c2[nH]c(C(F)(F)F)ncc-2c2ccc(Cl)cc12. The quantitative estimate of drug-likeness (QED) is 0.660. The van der Waals surface area contributed by atoms with Gasteiger partial charge in [-0.05, 0) is 22.7 Å². The number of nitroso groups, excluding NO2 is 1. The molecule has 1 N–H and O–H groups in total. The zero-order valence-corrected chi connectivity index (χ0v) is 10.4. The van der Waals surface area contributed by atoms with Gasteiger partial charge >= 0.3 is 6.18 Å². The van der Waals surface area contributed by atoms with Crippen LogP contribution in [0.15, 0.2) is 29.6 Å². The predicted molar refractivity (Wildman–Crippen MR) is 68.2 cm³/mol. The molecule has 20 heavy (non-hydrogen) atoms. The highest BCUT2D eigenvalue weighted by atomic mass is 35.5. The van der Waals surface area contributed by atoms with E-state index in [0.717, 1.165) is 6.20 Å². The van der Waals surface area contributed by atoms with E-state index >= 15 is 0 Å². The van der Waals surface area contributed by atoms with Gasteiger partial charge in [0.1, 0.15) is 5.69 Å². The van der Waals surface area contributed by atoms with Crippen molar-refractivity contribution in [1.82, 2.24) is 9.97 Å². The molecule has 1 aromatic carbocycles. The van der Waals surface area contributed by atoms with E-state index in [1.807, 2.05) is 0 Å². The Kier molecular flexibility index (Phi) is 2.68. The molecule has 3 rings (SSSR count). The molecule has 0 saturated heterocycles. The molecule has 0 bridgehead atoms. The van der Waals surface area contributed by atoms with Crippen LogP contribution < -0.4 is 0 Å². The van der Waals surface area contributed by atoms with Gasteiger partial charge in [-0.1, -0.05) is 17.7 Å². The van der Waals surface area contributed by atoms with Crippen LogP contribution in [0.25, 0.3) is 22.0 Å². The van der Waals surface area contributed by atoms with Crippen LogP contribution in [-0.2, 0) is 6.18 Å². The topological polar surface area (TPSA) is 58.1 Å². The summed E-state index contributed by atoms with van der Waals surface area (Å²) in [7, 11) is 0. The Balaban J connectivity index is 2.42. The normalized spacial score (nSPS) is 12.2. The van der Waals surface area contributed by atoms with E-state index < -0.39 is 12.0 Å². The van der Waals surface area contributed by atoms with Crippen LogP contribution in [0, 0.1) is 4.91 Å². The van der Waals surface area contributed by atoms with E-state index in [1.165, 1.54) is 6.07 Å². The number of aromatic amines is 1. The molecule has 102 valence electrons. The number of nitrogens with one attached hydrogen (secondary N) is 1. The van der Waals surface area contributed by atoms with Gasteiger partial charge in [-0.3, -0.25) is 0 Å². The molecule has 1 aliphatic heterocycles. The monoisotopic (exact) mass is 299 g/mol. The second kappa shape index (κ2) is 4.17. The standard InChI is InChI=1S/C12H5ClF3N3O/c13-5-1-2-6-7(3-5)10(19-20)9-8(6)4-17-11(18-9)12(14,15)16/h1-4H,(H,17,18). The first kappa shape index (κ1) is 12.9. The van der Waals surface area contributed by atoms with Gasteiger partial charge < -0.3 is 4.98 Å². The van der Waals surface area contributed by atoms with Crippen molar-refractivity contribution >= 4 is 28.1 Å². The molecular weight excluding hydrogens is 295 g/mol. The fourth-order valence-electron chi connectivity index (χ4n) is 2.12. The number of nitrogens with zero attached hydrogens (tertiary/aromatic N) is 2. The Labute approximate surface area is 114 Å². The fraction of sp³-hybridized carbons (Fsp3) is 0.0833. The van der Waals surface area contributed by atoms with Crippen LogP contribution >= 0.6 is 11.6 Å². The van der Waals surface area contributed by atoms with Crippen molar-refractivity contribution in [2.75, 3.05) is 0 Å². The zero-order valence-electron chi connectivity index (χ0n) is 9.62. The maximum atomic E-state index is 12.6. The smallest absolute Gasteiger partial charge is 0.334 e. The summed E-state index contributed by atoms with van der Waals surface area (Å²) in [5.41, 5.74) is 0.282. The number of hydrogen-bond donors (Lipinski definition) is 1.